The van der Waals surface area contributed by atoms with Gasteiger partial charge in [0.15, 0.2) is 0 Å². The van der Waals surface area contributed by atoms with Crippen LogP contribution >= 0.6 is 11.6 Å². The molecule has 0 fully saturated rings. The maximum Gasteiger partial charge on any atom is 0.303 e. The molecule has 0 unspecified atom stereocenters. The number of sulfonamides is 1. The number of carbonyl (C=O) groups is 1. The smallest absolute Gasteiger partial charge is 0.303 e. The molecule has 0 aromatic heterocycles. The van der Waals surface area contributed by atoms with Crippen LogP contribution in [-0.4, -0.2) is 32.3 Å². The molecule has 0 saturated heterocycles. The summed E-state index contributed by atoms with van der Waals surface area (Å²) in [6.45, 7) is 1.85. The number of anilines is 1. The number of rotatable bonds is 6. The lowest BCUT2D eigenvalue weighted by Crippen LogP contribution is -2.31. The maximum absolute atomic E-state index is 11.8. The predicted octanol–water partition coefficient (Wildman–Crippen LogP) is 2.28. The van der Waals surface area contributed by atoms with E-state index in [2.05, 4.69) is 0 Å². The Morgan fingerprint density at radius 1 is 1.42 bits per heavy atom. The molecular weight excluding hydrogens is 290 g/mol. The van der Waals surface area contributed by atoms with E-state index in [-0.39, 0.29) is 19.4 Å². The molecule has 0 aliphatic heterocycles. The van der Waals surface area contributed by atoms with Crippen LogP contribution in [0.3, 0.4) is 0 Å². The summed E-state index contributed by atoms with van der Waals surface area (Å²) in [6, 6.07) is 5.00. The molecule has 106 valence electrons. The molecule has 0 aliphatic carbocycles. The Balaban J connectivity index is 3.04. The van der Waals surface area contributed by atoms with E-state index >= 15 is 0 Å². The van der Waals surface area contributed by atoms with Crippen molar-refractivity contribution < 1.29 is 18.3 Å². The van der Waals surface area contributed by atoms with E-state index in [0.29, 0.717) is 16.3 Å². The van der Waals surface area contributed by atoms with E-state index in [0.717, 1.165) is 6.26 Å². The van der Waals surface area contributed by atoms with E-state index in [1.54, 1.807) is 25.1 Å². The van der Waals surface area contributed by atoms with E-state index in [4.69, 9.17) is 16.7 Å². The largest absolute Gasteiger partial charge is 0.481 e. The number of hydrogen-bond donors (Lipinski definition) is 1. The number of benzene rings is 1. The first-order valence-corrected chi connectivity index (χ1v) is 7.90. The van der Waals surface area contributed by atoms with Crippen LogP contribution in [0.15, 0.2) is 18.2 Å². The lowest BCUT2D eigenvalue weighted by molar-refractivity contribution is -0.137. The Morgan fingerprint density at radius 3 is 2.58 bits per heavy atom. The van der Waals surface area contributed by atoms with Gasteiger partial charge in [0.05, 0.1) is 11.9 Å². The fraction of sp³-hybridized carbons (Fsp3) is 0.417. The Labute approximate surface area is 117 Å². The van der Waals surface area contributed by atoms with Gasteiger partial charge in [0.2, 0.25) is 10.0 Å². The van der Waals surface area contributed by atoms with Crippen LogP contribution < -0.4 is 4.31 Å². The van der Waals surface area contributed by atoms with Crippen LogP contribution in [0.25, 0.3) is 0 Å². The summed E-state index contributed by atoms with van der Waals surface area (Å²) in [5.74, 6) is -0.948. The second-order valence-electron chi connectivity index (χ2n) is 4.22. The van der Waals surface area contributed by atoms with Gasteiger partial charge in [-0.05, 0) is 31.0 Å². The fourth-order valence-electron chi connectivity index (χ4n) is 1.71. The zero-order valence-electron chi connectivity index (χ0n) is 10.8. The van der Waals surface area contributed by atoms with Crippen molar-refractivity contribution >= 4 is 33.3 Å². The molecule has 0 radical (unpaired) electrons. The molecule has 19 heavy (non-hydrogen) atoms. The second kappa shape index (κ2) is 6.25. The van der Waals surface area contributed by atoms with E-state index in [9.17, 15) is 13.2 Å². The Kier molecular flexibility index (Phi) is 5.20. The lowest BCUT2D eigenvalue weighted by Gasteiger charge is -2.24. The Hall–Kier alpha value is -1.27. The molecule has 5 nitrogen and oxygen atoms in total. The van der Waals surface area contributed by atoms with Gasteiger partial charge in [0.25, 0.3) is 0 Å². The summed E-state index contributed by atoms with van der Waals surface area (Å²) in [6.07, 6.45) is 1.26. The monoisotopic (exact) mass is 305 g/mol. The zero-order valence-corrected chi connectivity index (χ0v) is 12.3. The van der Waals surface area contributed by atoms with Gasteiger partial charge in [-0.2, -0.15) is 0 Å². The average Bonchev–Trinajstić information content (AvgIpc) is 2.27. The van der Waals surface area contributed by atoms with Crippen LogP contribution in [0.2, 0.25) is 5.02 Å². The Bertz CT molecular complexity index is 571. The first kappa shape index (κ1) is 15.8. The third-order valence-corrected chi connectivity index (χ3v) is 4.25. The third-order valence-electron chi connectivity index (χ3n) is 2.66. The molecule has 1 N–H and O–H groups in total. The van der Waals surface area contributed by atoms with Crippen molar-refractivity contribution in [2.45, 2.75) is 19.8 Å². The first-order valence-electron chi connectivity index (χ1n) is 5.68. The summed E-state index contributed by atoms with van der Waals surface area (Å²) in [5, 5.41) is 9.09. The van der Waals surface area contributed by atoms with Gasteiger partial charge in [-0.25, -0.2) is 8.42 Å². The molecule has 0 saturated carbocycles. The normalized spacial score (nSPS) is 11.3. The number of nitrogens with zero attached hydrogens (tertiary/aromatic N) is 1. The van der Waals surface area contributed by atoms with Crippen molar-refractivity contribution in [2.75, 3.05) is 17.1 Å². The number of halogens is 1. The zero-order chi connectivity index (χ0) is 14.6. The molecule has 1 aromatic carbocycles. The quantitative estimate of drug-likeness (QED) is 0.875. The van der Waals surface area contributed by atoms with Gasteiger partial charge < -0.3 is 5.11 Å². The SMILES string of the molecule is Cc1c(Cl)cccc1N(CCCC(=O)O)S(C)(=O)=O. The molecule has 0 aliphatic rings. The highest BCUT2D eigenvalue weighted by Gasteiger charge is 2.20. The summed E-state index contributed by atoms with van der Waals surface area (Å²) in [5.41, 5.74) is 1.14. The van der Waals surface area contributed by atoms with Crippen LogP contribution in [-0.2, 0) is 14.8 Å². The van der Waals surface area contributed by atoms with Crippen molar-refractivity contribution in [3.63, 3.8) is 0 Å². The molecule has 1 aromatic rings. The van der Waals surface area contributed by atoms with Crippen molar-refractivity contribution in [3.8, 4) is 0 Å². The molecule has 0 amide bonds. The first-order chi connectivity index (χ1) is 8.73. The highest BCUT2D eigenvalue weighted by Crippen LogP contribution is 2.28. The molecular formula is C12H16ClNO4S. The number of carboxylic acids is 1. The second-order valence-corrected chi connectivity index (χ2v) is 6.53. The standard InChI is InChI=1S/C12H16ClNO4S/c1-9-10(13)5-3-6-11(9)14(19(2,17)18)8-4-7-12(15)16/h3,5-6H,4,7-8H2,1-2H3,(H,15,16). The van der Waals surface area contributed by atoms with Crippen molar-refractivity contribution in [1.82, 2.24) is 0 Å². The fourth-order valence-corrected chi connectivity index (χ4v) is 2.89. The van der Waals surface area contributed by atoms with Gasteiger partial charge in [-0.3, -0.25) is 9.10 Å². The van der Waals surface area contributed by atoms with Crippen molar-refractivity contribution in [1.29, 1.82) is 0 Å². The van der Waals surface area contributed by atoms with E-state index in [1.165, 1.54) is 4.31 Å². The Morgan fingerprint density at radius 2 is 2.05 bits per heavy atom. The number of hydrogen-bond acceptors (Lipinski definition) is 3. The van der Waals surface area contributed by atoms with E-state index < -0.39 is 16.0 Å². The molecule has 0 atom stereocenters. The molecule has 0 heterocycles. The molecule has 0 spiro atoms. The van der Waals surface area contributed by atoms with Crippen LogP contribution in [0, 0.1) is 6.92 Å². The summed E-state index contributed by atoms with van der Waals surface area (Å²) < 4.78 is 24.8. The minimum absolute atomic E-state index is 0.0777. The highest BCUT2D eigenvalue weighted by molar-refractivity contribution is 7.92. The molecule has 0 bridgehead atoms. The van der Waals surface area contributed by atoms with E-state index in [1.807, 2.05) is 0 Å². The van der Waals surface area contributed by atoms with Crippen LogP contribution in [0.4, 0.5) is 5.69 Å². The van der Waals surface area contributed by atoms with Gasteiger partial charge in [0, 0.05) is 18.0 Å². The average molecular weight is 306 g/mol. The van der Waals surface area contributed by atoms with Gasteiger partial charge >= 0.3 is 5.97 Å². The van der Waals surface area contributed by atoms with Crippen molar-refractivity contribution in [3.05, 3.63) is 28.8 Å². The summed E-state index contributed by atoms with van der Waals surface area (Å²) in [4.78, 5) is 10.5. The maximum atomic E-state index is 11.8. The summed E-state index contributed by atoms with van der Waals surface area (Å²) >= 11 is 5.98. The minimum atomic E-state index is -3.47. The third kappa shape index (κ3) is 4.40. The van der Waals surface area contributed by atoms with Gasteiger partial charge in [-0.15, -0.1) is 0 Å². The number of carboxylic acid groups (broad SMARTS) is 1. The molecule has 7 heteroatoms. The minimum Gasteiger partial charge on any atom is -0.481 e. The van der Waals surface area contributed by atoms with Gasteiger partial charge in [0.1, 0.15) is 0 Å². The topological polar surface area (TPSA) is 74.7 Å². The number of aliphatic carboxylic acids is 1. The summed E-state index contributed by atoms with van der Waals surface area (Å²) in [7, 11) is -3.47. The van der Waals surface area contributed by atoms with Crippen LogP contribution in [0.5, 0.6) is 0 Å². The van der Waals surface area contributed by atoms with Crippen LogP contribution in [0.1, 0.15) is 18.4 Å². The highest BCUT2D eigenvalue weighted by atomic mass is 35.5. The predicted molar refractivity (Wildman–Crippen MR) is 75.2 cm³/mol. The molecule has 1 rings (SSSR count). The van der Waals surface area contributed by atoms with Crippen molar-refractivity contribution in [2.24, 2.45) is 0 Å². The van der Waals surface area contributed by atoms with Gasteiger partial charge in [-0.1, -0.05) is 17.7 Å². The lowest BCUT2D eigenvalue weighted by atomic mass is 10.2.